The Labute approximate surface area is 138 Å². The number of halogens is 2. The summed E-state index contributed by atoms with van der Waals surface area (Å²) in [6.07, 6.45) is 2.94. The summed E-state index contributed by atoms with van der Waals surface area (Å²) in [7, 11) is 1.57. The van der Waals surface area contributed by atoms with Gasteiger partial charge in [0, 0.05) is 27.6 Å². The van der Waals surface area contributed by atoms with E-state index in [0.29, 0.717) is 15.8 Å². The van der Waals surface area contributed by atoms with E-state index in [9.17, 15) is 4.79 Å². The van der Waals surface area contributed by atoms with E-state index in [-0.39, 0.29) is 6.61 Å². The first-order valence-corrected chi connectivity index (χ1v) is 7.69. The van der Waals surface area contributed by atoms with Gasteiger partial charge in [0.25, 0.3) is 0 Å². The third-order valence-corrected chi connectivity index (χ3v) is 3.93. The predicted molar refractivity (Wildman–Crippen MR) is 84.4 cm³/mol. The average Bonchev–Trinajstić information content (AvgIpc) is 2.88. The summed E-state index contributed by atoms with van der Waals surface area (Å²) < 4.78 is 15.2. The molecule has 0 aliphatic rings. The Morgan fingerprint density at radius 2 is 2.33 bits per heavy atom. The molecule has 0 N–H and O–H groups in total. The van der Waals surface area contributed by atoms with E-state index in [1.807, 2.05) is 12.1 Å². The van der Waals surface area contributed by atoms with Crippen LogP contribution in [0.2, 0.25) is 4.34 Å². The van der Waals surface area contributed by atoms with Crippen LogP contribution in [0.3, 0.4) is 0 Å². The monoisotopic (exact) mass is 388 g/mol. The van der Waals surface area contributed by atoms with Gasteiger partial charge in [0.2, 0.25) is 0 Å². The van der Waals surface area contributed by atoms with Gasteiger partial charge in [0.15, 0.2) is 0 Å². The fourth-order valence-corrected chi connectivity index (χ4v) is 2.44. The number of carbonyl (C=O) groups is 1. The largest absolute Gasteiger partial charge is 0.496 e. The maximum Gasteiger partial charge on any atom is 0.331 e. The van der Waals surface area contributed by atoms with E-state index in [2.05, 4.69) is 25.5 Å². The summed E-state index contributed by atoms with van der Waals surface area (Å²) in [6, 6.07) is 5.49. The third kappa shape index (κ3) is 4.52. The molecule has 8 heteroatoms. The van der Waals surface area contributed by atoms with Gasteiger partial charge >= 0.3 is 5.97 Å². The van der Waals surface area contributed by atoms with Gasteiger partial charge in [0.1, 0.15) is 22.4 Å². The number of methoxy groups -OCH3 is 1. The second kappa shape index (κ2) is 7.53. The molecule has 110 valence electrons. The molecule has 21 heavy (non-hydrogen) atoms. The minimum Gasteiger partial charge on any atom is -0.496 e. The lowest BCUT2D eigenvalue weighted by molar-refractivity contribution is -0.139. The van der Waals surface area contributed by atoms with Crippen molar-refractivity contribution in [3.63, 3.8) is 0 Å². The Morgan fingerprint density at radius 1 is 1.52 bits per heavy atom. The first kappa shape index (κ1) is 15.9. The van der Waals surface area contributed by atoms with Gasteiger partial charge in [-0.3, -0.25) is 0 Å². The molecule has 2 rings (SSSR count). The lowest BCUT2D eigenvalue weighted by Gasteiger charge is -2.05. The molecule has 0 saturated heterocycles. The first-order chi connectivity index (χ1) is 10.1. The summed E-state index contributed by atoms with van der Waals surface area (Å²) in [4.78, 5) is 11.7. The molecule has 0 bridgehead atoms. The van der Waals surface area contributed by atoms with Crippen LogP contribution in [-0.4, -0.2) is 22.7 Å². The minimum absolute atomic E-state index is 0.00583. The Kier molecular flexibility index (Phi) is 5.72. The summed E-state index contributed by atoms with van der Waals surface area (Å²) in [6.45, 7) is -0.00583. The average molecular weight is 390 g/mol. The third-order valence-electron chi connectivity index (χ3n) is 2.45. The van der Waals surface area contributed by atoms with Crippen LogP contribution >= 0.6 is 39.1 Å². The number of hydrogen-bond acceptors (Lipinski definition) is 6. The van der Waals surface area contributed by atoms with E-state index >= 15 is 0 Å². The van der Waals surface area contributed by atoms with Gasteiger partial charge in [-0.2, -0.15) is 0 Å². The fraction of sp³-hybridized carbons (Fsp3) is 0.154. The molecule has 0 spiro atoms. The Bertz CT molecular complexity index is 675. The van der Waals surface area contributed by atoms with Crippen molar-refractivity contribution in [2.24, 2.45) is 0 Å². The summed E-state index contributed by atoms with van der Waals surface area (Å²) in [5.74, 6) is 0.162. The van der Waals surface area contributed by atoms with Crippen LogP contribution in [0.1, 0.15) is 11.3 Å². The second-order valence-corrected chi connectivity index (χ2v) is 6.09. The number of benzene rings is 1. The van der Waals surface area contributed by atoms with Crippen molar-refractivity contribution in [1.82, 2.24) is 9.59 Å². The summed E-state index contributed by atoms with van der Waals surface area (Å²) >= 11 is 10.2. The fourth-order valence-electron chi connectivity index (χ4n) is 1.46. The van der Waals surface area contributed by atoms with Crippen molar-refractivity contribution in [2.75, 3.05) is 7.11 Å². The second-order valence-electron chi connectivity index (χ2n) is 3.82. The number of aromatic nitrogens is 2. The highest BCUT2D eigenvalue weighted by atomic mass is 79.9. The Balaban J connectivity index is 1.99. The van der Waals surface area contributed by atoms with Crippen molar-refractivity contribution in [3.05, 3.63) is 44.3 Å². The van der Waals surface area contributed by atoms with Crippen molar-refractivity contribution < 1.29 is 14.3 Å². The number of rotatable bonds is 5. The van der Waals surface area contributed by atoms with Crippen LogP contribution in [-0.2, 0) is 16.1 Å². The molecule has 5 nitrogen and oxygen atoms in total. The van der Waals surface area contributed by atoms with Crippen LogP contribution in [0.4, 0.5) is 0 Å². The smallest absolute Gasteiger partial charge is 0.331 e. The Morgan fingerprint density at radius 3 is 3.00 bits per heavy atom. The minimum atomic E-state index is -0.499. The topological polar surface area (TPSA) is 61.3 Å². The summed E-state index contributed by atoms with van der Waals surface area (Å²) in [5, 5.41) is 3.75. The molecule has 1 aromatic heterocycles. The molecule has 0 fully saturated rings. The molecule has 0 radical (unpaired) electrons. The number of esters is 1. The van der Waals surface area contributed by atoms with Crippen molar-refractivity contribution in [1.29, 1.82) is 0 Å². The van der Waals surface area contributed by atoms with Crippen molar-refractivity contribution in [2.45, 2.75) is 6.61 Å². The molecule has 1 heterocycles. The van der Waals surface area contributed by atoms with Gasteiger partial charge in [-0.25, -0.2) is 4.79 Å². The SMILES string of the molecule is COc1ccc(Br)cc1/C=C/C(=O)OCc1nnsc1Cl. The van der Waals surface area contributed by atoms with Gasteiger partial charge < -0.3 is 9.47 Å². The van der Waals surface area contributed by atoms with E-state index in [0.717, 1.165) is 21.6 Å². The molecule has 0 aliphatic carbocycles. The van der Waals surface area contributed by atoms with Crippen molar-refractivity contribution in [3.8, 4) is 5.75 Å². The summed E-state index contributed by atoms with van der Waals surface area (Å²) in [5.41, 5.74) is 1.21. The molecule has 1 aromatic carbocycles. The zero-order chi connectivity index (χ0) is 15.2. The first-order valence-electron chi connectivity index (χ1n) is 5.75. The quantitative estimate of drug-likeness (QED) is 0.576. The zero-order valence-corrected chi connectivity index (χ0v) is 14.0. The van der Waals surface area contributed by atoms with Gasteiger partial charge in [-0.15, -0.1) is 5.10 Å². The van der Waals surface area contributed by atoms with Gasteiger partial charge in [-0.1, -0.05) is 32.0 Å². The van der Waals surface area contributed by atoms with E-state index in [1.54, 1.807) is 19.3 Å². The Hall–Kier alpha value is -1.44. The number of carbonyl (C=O) groups excluding carboxylic acids is 1. The van der Waals surface area contributed by atoms with Crippen LogP contribution in [0.5, 0.6) is 5.75 Å². The normalized spacial score (nSPS) is 10.8. The van der Waals surface area contributed by atoms with Crippen LogP contribution in [0.25, 0.3) is 6.08 Å². The molecule has 0 unspecified atom stereocenters. The zero-order valence-electron chi connectivity index (χ0n) is 10.9. The van der Waals surface area contributed by atoms with Gasteiger partial charge in [0.05, 0.1) is 7.11 Å². The lowest BCUT2D eigenvalue weighted by Crippen LogP contribution is -2.01. The highest BCUT2D eigenvalue weighted by Crippen LogP contribution is 2.24. The molecule has 0 saturated carbocycles. The van der Waals surface area contributed by atoms with E-state index in [4.69, 9.17) is 21.1 Å². The number of nitrogens with zero attached hydrogens (tertiary/aromatic N) is 2. The predicted octanol–water partition coefficient (Wildman–Crippen LogP) is 3.72. The standard InChI is InChI=1S/C13H10BrClN2O3S/c1-19-11-4-3-9(14)6-8(11)2-5-12(18)20-7-10-13(15)21-17-16-10/h2-6H,7H2,1H3/b5-2+. The number of hydrogen-bond donors (Lipinski definition) is 0. The van der Waals surface area contributed by atoms with E-state index < -0.39 is 5.97 Å². The maximum atomic E-state index is 11.7. The number of ether oxygens (including phenoxy) is 2. The molecule has 0 aliphatic heterocycles. The van der Waals surface area contributed by atoms with Crippen LogP contribution in [0.15, 0.2) is 28.7 Å². The van der Waals surface area contributed by atoms with Gasteiger partial charge in [-0.05, 0) is 24.3 Å². The molecular weight excluding hydrogens is 380 g/mol. The highest BCUT2D eigenvalue weighted by molar-refractivity contribution is 9.10. The lowest BCUT2D eigenvalue weighted by atomic mass is 10.2. The molecular formula is C13H10BrClN2O3S. The molecule has 2 aromatic rings. The maximum absolute atomic E-state index is 11.7. The molecule has 0 amide bonds. The molecule has 0 atom stereocenters. The van der Waals surface area contributed by atoms with Crippen LogP contribution in [0, 0.1) is 0 Å². The van der Waals surface area contributed by atoms with Crippen LogP contribution < -0.4 is 4.74 Å². The van der Waals surface area contributed by atoms with E-state index in [1.165, 1.54) is 6.08 Å². The highest BCUT2D eigenvalue weighted by Gasteiger charge is 2.08. The van der Waals surface area contributed by atoms with Crippen molar-refractivity contribution >= 4 is 51.1 Å².